The number of aliphatic hydroxyl groups is 1. The molecule has 0 saturated carbocycles. The second kappa shape index (κ2) is 6.17. The van der Waals surface area contributed by atoms with E-state index < -0.39 is 6.10 Å². The summed E-state index contributed by atoms with van der Waals surface area (Å²) in [6.45, 7) is 2.98. The number of hydrogen-bond donors (Lipinski definition) is 1. The van der Waals surface area contributed by atoms with Gasteiger partial charge in [-0.15, -0.1) is 0 Å². The predicted octanol–water partition coefficient (Wildman–Crippen LogP) is 2.39. The third kappa shape index (κ3) is 4.22. The third-order valence-electron chi connectivity index (χ3n) is 1.87. The topological polar surface area (TPSA) is 29.5 Å². The molecular formula is C11H15BrO2. The van der Waals surface area contributed by atoms with Gasteiger partial charge in [0.2, 0.25) is 0 Å². The van der Waals surface area contributed by atoms with Crippen LogP contribution in [0.4, 0.5) is 0 Å². The minimum atomic E-state index is -0.413. The van der Waals surface area contributed by atoms with Crippen LogP contribution in [0.3, 0.4) is 0 Å². The molecule has 78 valence electrons. The molecule has 1 atom stereocenters. The smallest absolute Gasteiger partial charge is 0.0813 e. The highest BCUT2D eigenvalue weighted by atomic mass is 79.9. The molecule has 3 heteroatoms. The van der Waals surface area contributed by atoms with Gasteiger partial charge in [-0.3, -0.25) is 0 Å². The van der Waals surface area contributed by atoms with Crippen LogP contribution in [-0.2, 0) is 11.2 Å². The molecule has 0 radical (unpaired) electrons. The molecule has 0 spiro atoms. The van der Waals surface area contributed by atoms with E-state index in [0.29, 0.717) is 19.6 Å². The summed E-state index contributed by atoms with van der Waals surface area (Å²) in [6.07, 6.45) is 0.226. The van der Waals surface area contributed by atoms with Crippen LogP contribution in [-0.4, -0.2) is 24.4 Å². The van der Waals surface area contributed by atoms with E-state index in [2.05, 4.69) is 15.9 Å². The van der Waals surface area contributed by atoms with Gasteiger partial charge in [0.25, 0.3) is 0 Å². The average Bonchev–Trinajstić information content (AvgIpc) is 2.15. The summed E-state index contributed by atoms with van der Waals surface area (Å²) in [5, 5.41) is 9.58. The maximum Gasteiger partial charge on any atom is 0.0813 e. The summed E-state index contributed by atoms with van der Waals surface area (Å²) in [5.41, 5.74) is 1.12. The largest absolute Gasteiger partial charge is 0.390 e. The minimum absolute atomic E-state index is 0.406. The number of aliphatic hydroxyl groups excluding tert-OH is 1. The molecule has 1 unspecified atom stereocenters. The standard InChI is InChI=1S/C11H15BrO2/c1-2-14-8-11(13)7-9-4-3-5-10(12)6-9/h3-6,11,13H,2,7-8H2,1H3. The van der Waals surface area contributed by atoms with Crippen molar-refractivity contribution >= 4 is 15.9 Å². The molecular weight excluding hydrogens is 244 g/mol. The van der Waals surface area contributed by atoms with Gasteiger partial charge in [-0.1, -0.05) is 28.1 Å². The Labute approximate surface area is 93.0 Å². The monoisotopic (exact) mass is 258 g/mol. The lowest BCUT2D eigenvalue weighted by molar-refractivity contribution is 0.0430. The Hall–Kier alpha value is -0.380. The highest BCUT2D eigenvalue weighted by Crippen LogP contribution is 2.13. The summed E-state index contributed by atoms with van der Waals surface area (Å²) >= 11 is 3.39. The van der Waals surface area contributed by atoms with E-state index in [1.54, 1.807) is 0 Å². The van der Waals surface area contributed by atoms with E-state index in [1.165, 1.54) is 0 Å². The van der Waals surface area contributed by atoms with Crippen molar-refractivity contribution in [2.75, 3.05) is 13.2 Å². The van der Waals surface area contributed by atoms with Gasteiger partial charge >= 0.3 is 0 Å². The van der Waals surface area contributed by atoms with Crippen molar-refractivity contribution < 1.29 is 9.84 Å². The molecule has 0 bridgehead atoms. The first-order valence-electron chi connectivity index (χ1n) is 4.72. The van der Waals surface area contributed by atoms with E-state index in [4.69, 9.17) is 4.74 Å². The van der Waals surface area contributed by atoms with Crippen molar-refractivity contribution in [3.8, 4) is 0 Å². The van der Waals surface area contributed by atoms with Crippen LogP contribution in [0.15, 0.2) is 28.7 Å². The minimum Gasteiger partial charge on any atom is -0.390 e. The van der Waals surface area contributed by atoms with Crippen LogP contribution < -0.4 is 0 Å². The molecule has 0 amide bonds. The van der Waals surface area contributed by atoms with Crippen molar-refractivity contribution in [1.29, 1.82) is 0 Å². The molecule has 2 nitrogen and oxygen atoms in total. The zero-order chi connectivity index (χ0) is 10.4. The molecule has 0 heterocycles. The molecule has 0 aliphatic carbocycles. The van der Waals surface area contributed by atoms with Crippen molar-refractivity contribution in [1.82, 2.24) is 0 Å². The third-order valence-corrected chi connectivity index (χ3v) is 2.37. The Morgan fingerprint density at radius 3 is 2.93 bits per heavy atom. The Morgan fingerprint density at radius 1 is 1.50 bits per heavy atom. The summed E-state index contributed by atoms with van der Waals surface area (Å²) in [7, 11) is 0. The van der Waals surface area contributed by atoms with Crippen molar-refractivity contribution in [3.63, 3.8) is 0 Å². The van der Waals surface area contributed by atoms with Gasteiger partial charge in [0.15, 0.2) is 0 Å². The van der Waals surface area contributed by atoms with Crippen LogP contribution in [0.2, 0.25) is 0 Å². The fraction of sp³-hybridized carbons (Fsp3) is 0.455. The first kappa shape index (κ1) is 11.7. The molecule has 1 aromatic rings. The molecule has 0 aliphatic rings. The Balaban J connectivity index is 2.43. The molecule has 0 fully saturated rings. The van der Waals surface area contributed by atoms with Crippen LogP contribution in [0.5, 0.6) is 0 Å². The number of ether oxygens (including phenoxy) is 1. The van der Waals surface area contributed by atoms with E-state index in [-0.39, 0.29) is 0 Å². The van der Waals surface area contributed by atoms with E-state index in [1.807, 2.05) is 31.2 Å². The SMILES string of the molecule is CCOCC(O)Cc1cccc(Br)c1. The molecule has 0 saturated heterocycles. The lowest BCUT2D eigenvalue weighted by atomic mass is 10.1. The second-order valence-corrected chi connectivity index (χ2v) is 4.06. The van der Waals surface area contributed by atoms with Gasteiger partial charge in [-0.25, -0.2) is 0 Å². The van der Waals surface area contributed by atoms with Gasteiger partial charge < -0.3 is 9.84 Å². The summed E-state index contributed by atoms with van der Waals surface area (Å²) in [6, 6.07) is 7.94. The first-order valence-corrected chi connectivity index (χ1v) is 5.52. The van der Waals surface area contributed by atoms with Crippen LogP contribution in [0.25, 0.3) is 0 Å². The van der Waals surface area contributed by atoms with Gasteiger partial charge in [-0.05, 0) is 24.6 Å². The first-order chi connectivity index (χ1) is 6.72. The number of benzene rings is 1. The fourth-order valence-corrected chi connectivity index (χ4v) is 1.70. The molecule has 1 aromatic carbocycles. The van der Waals surface area contributed by atoms with Crippen LogP contribution >= 0.6 is 15.9 Å². The second-order valence-electron chi connectivity index (χ2n) is 3.15. The maximum absolute atomic E-state index is 9.58. The lowest BCUT2D eigenvalue weighted by Crippen LogP contribution is -2.17. The van der Waals surface area contributed by atoms with Crippen LogP contribution in [0.1, 0.15) is 12.5 Å². The van der Waals surface area contributed by atoms with Gasteiger partial charge in [0.1, 0.15) is 0 Å². The maximum atomic E-state index is 9.58. The summed E-state index contributed by atoms with van der Waals surface area (Å²) in [4.78, 5) is 0. The predicted molar refractivity (Wildman–Crippen MR) is 60.3 cm³/mol. The van der Waals surface area contributed by atoms with Crippen molar-refractivity contribution in [2.45, 2.75) is 19.4 Å². The Kier molecular flexibility index (Phi) is 5.15. The zero-order valence-electron chi connectivity index (χ0n) is 8.24. The van der Waals surface area contributed by atoms with E-state index in [0.717, 1.165) is 10.0 Å². The quantitative estimate of drug-likeness (QED) is 0.879. The summed E-state index contributed by atoms with van der Waals surface area (Å²) < 4.78 is 6.18. The van der Waals surface area contributed by atoms with Gasteiger partial charge in [0.05, 0.1) is 12.7 Å². The van der Waals surface area contributed by atoms with Crippen molar-refractivity contribution in [3.05, 3.63) is 34.3 Å². The Morgan fingerprint density at radius 2 is 2.29 bits per heavy atom. The van der Waals surface area contributed by atoms with Gasteiger partial charge in [0, 0.05) is 17.5 Å². The number of hydrogen-bond acceptors (Lipinski definition) is 2. The molecule has 0 aromatic heterocycles. The fourth-order valence-electron chi connectivity index (χ4n) is 1.25. The highest BCUT2D eigenvalue weighted by Gasteiger charge is 2.05. The summed E-state index contributed by atoms with van der Waals surface area (Å²) in [5.74, 6) is 0. The molecule has 1 rings (SSSR count). The molecule has 0 aliphatic heterocycles. The highest BCUT2D eigenvalue weighted by molar-refractivity contribution is 9.10. The number of rotatable bonds is 5. The van der Waals surface area contributed by atoms with E-state index in [9.17, 15) is 5.11 Å². The average molecular weight is 259 g/mol. The lowest BCUT2D eigenvalue weighted by Gasteiger charge is -2.10. The number of halogens is 1. The molecule has 14 heavy (non-hydrogen) atoms. The zero-order valence-corrected chi connectivity index (χ0v) is 9.83. The molecule has 1 N–H and O–H groups in total. The van der Waals surface area contributed by atoms with Crippen LogP contribution in [0, 0.1) is 0 Å². The Bertz CT molecular complexity index is 276. The normalized spacial score (nSPS) is 12.8. The van der Waals surface area contributed by atoms with E-state index >= 15 is 0 Å². The van der Waals surface area contributed by atoms with Crippen molar-refractivity contribution in [2.24, 2.45) is 0 Å². The van der Waals surface area contributed by atoms with Gasteiger partial charge in [-0.2, -0.15) is 0 Å².